The summed E-state index contributed by atoms with van der Waals surface area (Å²) in [6.45, 7) is 4.20. The van der Waals surface area contributed by atoms with Crippen molar-refractivity contribution in [3.05, 3.63) is 0 Å². The van der Waals surface area contributed by atoms with Crippen LogP contribution in [-0.2, 0) is 4.79 Å². The van der Waals surface area contributed by atoms with Crippen LogP contribution >= 0.6 is 0 Å². The van der Waals surface area contributed by atoms with Gasteiger partial charge in [-0.05, 0) is 45.4 Å². The summed E-state index contributed by atoms with van der Waals surface area (Å²) < 4.78 is 0. The molecule has 2 fully saturated rings. The first-order valence-electron chi connectivity index (χ1n) is 7.60. The van der Waals surface area contributed by atoms with E-state index in [0.29, 0.717) is 12.0 Å². The van der Waals surface area contributed by atoms with Crippen LogP contribution in [0.4, 0.5) is 0 Å². The minimum absolute atomic E-state index is 0.00935. The average molecular weight is 252 g/mol. The summed E-state index contributed by atoms with van der Waals surface area (Å²) in [5, 5.41) is 3.23. The van der Waals surface area contributed by atoms with Crippen molar-refractivity contribution in [3.63, 3.8) is 0 Å². The number of nitrogens with one attached hydrogen (secondary N) is 1. The molecule has 0 spiro atoms. The first-order chi connectivity index (χ1) is 8.50. The van der Waals surface area contributed by atoms with Crippen LogP contribution in [0.15, 0.2) is 0 Å². The van der Waals surface area contributed by atoms with Crippen LogP contribution in [0.3, 0.4) is 0 Å². The molecule has 0 bridgehead atoms. The van der Waals surface area contributed by atoms with Crippen molar-refractivity contribution >= 4 is 5.91 Å². The number of carbonyl (C=O) groups is 1. The van der Waals surface area contributed by atoms with E-state index in [-0.39, 0.29) is 17.4 Å². The van der Waals surface area contributed by atoms with E-state index in [9.17, 15) is 4.79 Å². The molecular weight excluding hydrogens is 224 g/mol. The first kappa shape index (κ1) is 13.9. The van der Waals surface area contributed by atoms with Gasteiger partial charge in [0.25, 0.3) is 0 Å². The van der Waals surface area contributed by atoms with Crippen molar-refractivity contribution < 1.29 is 4.79 Å². The molecule has 2 saturated carbocycles. The van der Waals surface area contributed by atoms with Crippen molar-refractivity contribution in [2.24, 2.45) is 17.6 Å². The lowest BCUT2D eigenvalue weighted by Crippen LogP contribution is -2.54. The molecule has 0 aliphatic heterocycles. The molecule has 2 aliphatic rings. The summed E-state index contributed by atoms with van der Waals surface area (Å²) in [6, 6.07) is 0.317. The maximum Gasteiger partial charge on any atom is 0.225 e. The number of amides is 1. The van der Waals surface area contributed by atoms with E-state index in [4.69, 9.17) is 5.73 Å². The van der Waals surface area contributed by atoms with E-state index in [0.717, 1.165) is 25.7 Å². The maximum absolute atomic E-state index is 12.4. The molecule has 3 heteroatoms. The van der Waals surface area contributed by atoms with Gasteiger partial charge in [0, 0.05) is 11.6 Å². The molecule has 104 valence electrons. The van der Waals surface area contributed by atoms with Gasteiger partial charge in [-0.2, -0.15) is 0 Å². The number of rotatable bonds is 3. The van der Waals surface area contributed by atoms with Gasteiger partial charge in [-0.3, -0.25) is 4.79 Å². The van der Waals surface area contributed by atoms with Crippen molar-refractivity contribution in [1.82, 2.24) is 5.32 Å². The fourth-order valence-electron chi connectivity index (χ4n) is 3.69. The zero-order valence-corrected chi connectivity index (χ0v) is 11.9. The Labute approximate surface area is 111 Å². The molecule has 0 heterocycles. The summed E-state index contributed by atoms with van der Waals surface area (Å²) in [5.41, 5.74) is 5.98. The number of hydrogen-bond acceptors (Lipinski definition) is 2. The van der Waals surface area contributed by atoms with Crippen LogP contribution < -0.4 is 11.1 Å². The third-order valence-electron chi connectivity index (χ3n) is 5.05. The molecule has 2 rings (SSSR count). The highest BCUT2D eigenvalue weighted by Gasteiger charge is 2.38. The van der Waals surface area contributed by atoms with Gasteiger partial charge in [0.2, 0.25) is 5.91 Å². The normalized spacial score (nSPS) is 35.4. The fourth-order valence-corrected chi connectivity index (χ4v) is 3.69. The van der Waals surface area contributed by atoms with E-state index in [1.807, 2.05) is 6.92 Å². The Morgan fingerprint density at radius 2 is 1.83 bits per heavy atom. The highest BCUT2D eigenvalue weighted by molar-refractivity contribution is 5.80. The zero-order chi connectivity index (χ0) is 13.2. The first-order valence-corrected chi connectivity index (χ1v) is 7.60. The molecule has 0 aromatic carbocycles. The lowest BCUT2D eigenvalue weighted by molar-refractivity contribution is -0.129. The highest BCUT2D eigenvalue weighted by Crippen LogP contribution is 2.32. The molecule has 0 radical (unpaired) electrons. The van der Waals surface area contributed by atoms with E-state index in [2.05, 4.69) is 12.2 Å². The lowest BCUT2D eigenvalue weighted by atomic mass is 9.74. The Hall–Kier alpha value is -0.570. The van der Waals surface area contributed by atoms with E-state index in [1.54, 1.807) is 0 Å². The van der Waals surface area contributed by atoms with Crippen molar-refractivity contribution in [1.29, 1.82) is 0 Å². The quantitative estimate of drug-likeness (QED) is 0.811. The van der Waals surface area contributed by atoms with Crippen molar-refractivity contribution in [3.8, 4) is 0 Å². The molecular formula is C15H28N2O. The van der Waals surface area contributed by atoms with Gasteiger partial charge in [-0.1, -0.05) is 25.7 Å². The van der Waals surface area contributed by atoms with Crippen LogP contribution in [0.25, 0.3) is 0 Å². The summed E-state index contributed by atoms with van der Waals surface area (Å²) >= 11 is 0. The second kappa shape index (κ2) is 5.60. The highest BCUT2D eigenvalue weighted by atomic mass is 16.2. The van der Waals surface area contributed by atoms with Crippen LogP contribution in [-0.4, -0.2) is 17.5 Å². The molecule has 2 aliphatic carbocycles. The molecule has 3 N–H and O–H groups in total. The minimum Gasteiger partial charge on any atom is -0.353 e. The van der Waals surface area contributed by atoms with E-state index in [1.165, 1.54) is 25.7 Å². The van der Waals surface area contributed by atoms with E-state index < -0.39 is 0 Å². The van der Waals surface area contributed by atoms with Crippen molar-refractivity contribution in [2.45, 2.75) is 76.8 Å². The maximum atomic E-state index is 12.4. The van der Waals surface area contributed by atoms with Crippen LogP contribution in [0.5, 0.6) is 0 Å². The molecule has 18 heavy (non-hydrogen) atoms. The number of carbonyl (C=O) groups excluding carboxylic acids is 1. The van der Waals surface area contributed by atoms with Crippen LogP contribution in [0.2, 0.25) is 0 Å². The standard InChI is InChI=1S/C15H28N2O/c1-11(12-7-3-4-8-12)17-14(18)13-9-5-6-10-15(13,2)16/h11-13H,3-10,16H2,1-2H3,(H,17,18). The number of hydrogen-bond donors (Lipinski definition) is 2. The molecule has 1 amide bonds. The zero-order valence-electron chi connectivity index (χ0n) is 11.9. The fraction of sp³-hybridized carbons (Fsp3) is 0.933. The van der Waals surface area contributed by atoms with Gasteiger partial charge < -0.3 is 11.1 Å². The van der Waals surface area contributed by atoms with Gasteiger partial charge in [-0.25, -0.2) is 0 Å². The second-order valence-corrected chi connectivity index (χ2v) is 6.65. The smallest absolute Gasteiger partial charge is 0.225 e. The Morgan fingerprint density at radius 3 is 2.44 bits per heavy atom. The molecule has 3 nitrogen and oxygen atoms in total. The van der Waals surface area contributed by atoms with Crippen molar-refractivity contribution in [2.75, 3.05) is 0 Å². The Kier molecular flexibility index (Phi) is 4.31. The molecule has 3 unspecified atom stereocenters. The van der Waals surface area contributed by atoms with Gasteiger partial charge in [0.1, 0.15) is 0 Å². The molecule has 0 aromatic heterocycles. The SMILES string of the molecule is CC(NC(=O)C1CCCCC1(C)N)C1CCCC1. The average Bonchev–Trinajstić information content (AvgIpc) is 2.81. The predicted octanol–water partition coefficient (Wildman–Crippen LogP) is 2.59. The van der Waals surface area contributed by atoms with Gasteiger partial charge >= 0.3 is 0 Å². The van der Waals surface area contributed by atoms with Gasteiger partial charge in [0.15, 0.2) is 0 Å². The Morgan fingerprint density at radius 1 is 1.22 bits per heavy atom. The third-order valence-corrected chi connectivity index (χ3v) is 5.05. The van der Waals surface area contributed by atoms with E-state index >= 15 is 0 Å². The summed E-state index contributed by atoms with van der Waals surface area (Å²) in [4.78, 5) is 12.4. The Bertz CT molecular complexity index is 295. The minimum atomic E-state index is -0.308. The summed E-state index contributed by atoms with van der Waals surface area (Å²) in [6.07, 6.45) is 9.42. The van der Waals surface area contributed by atoms with Gasteiger partial charge in [0.05, 0.1) is 5.92 Å². The van der Waals surface area contributed by atoms with Crippen LogP contribution in [0, 0.1) is 11.8 Å². The van der Waals surface area contributed by atoms with Crippen LogP contribution in [0.1, 0.15) is 65.2 Å². The topological polar surface area (TPSA) is 55.1 Å². The lowest BCUT2D eigenvalue weighted by Gasteiger charge is -2.38. The van der Waals surface area contributed by atoms with Gasteiger partial charge in [-0.15, -0.1) is 0 Å². The monoisotopic (exact) mass is 252 g/mol. The molecule has 0 saturated heterocycles. The largest absolute Gasteiger partial charge is 0.353 e. The molecule has 3 atom stereocenters. The Balaban J connectivity index is 1.90. The third kappa shape index (κ3) is 3.05. The molecule has 0 aromatic rings. The summed E-state index contributed by atoms with van der Waals surface area (Å²) in [7, 11) is 0. The predicted molar refractivity (Wildman–Crippen MR) is 74.1 cm³/mol. The second-order valence-electron chi connectivity index (χ2n) is 6.65. The number of nitrogens with two attached hydrogens (primary N) is 1. The summed E-state index contributed by atoms with van der Waals surface area (Å²) in [5.74, 6) is 0.885.